The van der Waals surface area contributed by atoms with E-state index in [1.807, 2.05) is 21.7 Å². The molecule has 1 aliphatic heterocycles. The number of anilines is 1. The number of para-hydroxylation sites is 1. The highest BCUT2D eigenvalue weighted by atomic mass is 35.5. The van der Waals surface area contributed by atoms with E-state index in [9.17, 15) is 13.2 Å². The molecule has 2 aromatic carbocycles. The van der Waals surface area contributed by atoms with Crippen molar-refractivity contribution < 1.29 is 22.3 Å². The Morgan fingerprint density at radius 3 is 2.50 bits per heavy atom. The number of carbonyl (C=O) groups is 1. The van der Waals surface area contributed by atoms with Crippen LogP contribution in [0.2, 0.25) is 10.0 Å². The van der Waals surface area contributed by atoms with Crippen molar-refractivity contribution in [2.24, 2.45) is 5.92 Å². The van der Waals surface area contributed by atoms with Crippen LogP contribution in [0, 0.1) is 11.7 Å². The van der Waals surface area contributed by atoms with E-state index >= 15 is 4.39 Å². The Hall–Kier alpha value is -2.66. The Bertz CT molecular complexity index is 1650. The van der Waals surface area contributed by atoms with Crippen molar-refractivity contribution in [1.29, 1.82) is 0 Å². The Kier molecular flexibility index (Phi) is 7.03. The van der Waals surface area contributed by atoms with Crippen molar-refractivity contribution in [2.75, 3.05) is 4.90 Å². The van der Waals surface area contributed by atoms with Crippen LogP contribution in [0.4, 0.5) is 10.1 Å². The van der Waals surface area contributed by atoms with Gasteiger partial charge in [0, 0.05) is 23.7 Å². The fraction of sp³-hybridized carbons (Fsp3) is 0.467. The molecular formula is C30H31Cl2FN4O4S. The molecule has 0 unspecified atom stereocenters. The van der Waals surface area contributed by atoms with Crippen molar-refractivity contribution in [3.8, 4) is 5.69 Å². The molecule has 4 aliphatic rings. The van der Waals surface area contributed by atoms with Gasteiger partial charge in [-0.05, 0) is 87.3 Å². The van der Waals surface area contributed by atoms with Crippen LogP contribution in [-0.4, -0.2) is 47.5 Å². The van der Waals surface area contributed by atoms with Crippen molar-refractivity contribution in [1.82, 2.24) is 14.5 Å². The molecule has 1 N–H and O–H groups in total. The number of sulfonamides is 1. The lowest BCUT2D eigenvalue weighted by molar-refractivity contribution is 0.00148. The van der Waals surface area contributed by atoms with Gasteiger partial charge in [-0.25, -0.2) is 22.2 Å². The number of nitrogens with zero attached hydrogens (tertiary/aromatic N) is 3. The molecular weight excluding hydrogens is 602 g/mol. The molecule has 1 saturated heterocycles. The smallest absolute Gasteiger partial charge is 0.267 e. The van der Waals surface area contributed by atoms with Crippen LogP contribution in [0.3, 0.4) is 0 Å². The number of hydrogen-bond acceptors (Lipinski definition) is 6. The normalized spacial score (nSPS) is 25.3. The molecule has 4 fully saturated rings. The largest absolute Gasteiger partial charge is 0.371 e. The van der Waals surface area contributed by atoms with Crippen LogP contribution in [0.15, 0.2) is 42.6 Å². The molecule has 222 valence electrons. The molecule has 2 heterocycles. The number of ether oxygens (including phenoxy) is 1. The number of nitrogens with one attached hydrogen (secondary N) is 1. The van der Waals surface area contributed by atoms with Crippen LogP contribution in [0.1, 0.15) is 73.0 Å². The summed E-state index contributed by atoms with van der Waals surface area (Å²) >= 11 is 13.1. The quantitative estimate of drug-likeness (QED) is 0.311. The van der Waals surface area contributed by atoms with E-state index in [1.165, 1.54) is 17.7 Å². The predicted octanol–water partition coefficient (Wildman–Crippen LogP) is 5.99. The number of rotatable bonds is 9. The van der Waals surface area contributed by atoms with E-state index in [-0.39, 0.29) is 29.7 Å². The van der Waals surface area contributed by atoms with Crippen molar-refractivity contribution in [2.45, 2.75) is 81.4 Å². The van der Waals surface area contributed by atoms with E-state index in [4.69, 9.17) is 27.9 Å². The lowest BCUT2D eigenvalue weighted by atomic mass is 9.96. The molecule has 0 spiro atoms. The maximum absolute atomic E-state index is 15.1. The minimum absolute atomic E-state index is 0.0286. The lowest BCUT2D eigenvalue weighted by Gasteiger charge is -2.39. The monoisotopic (exact) mass is 632 g/mol. The standard InChI is InChI=1S/C30H31Cl2FN4O4S/c1-16-22-11-19(36(16)18-7-10-21(26(33)12-18)30(38)35-42(39,40)20-8-9-20)13-28(22)41-15-27-23(17-5-6-17)14-34-37(27)29-24(31)3-2-4-25(29)32/h2-4,7,10,12,14,16-17,19-20,22,28H,5-6,8-9,11,13,15H2,1H3,(H,35,38)/t16-,19+,22+,28-/m1/s1. The third-order valence-electron chi connectivity index (χ3n) is 9.17. The topological polar surface area (TPSA) is 93.5 Å². The van der Waals surface area contributed by atoms with Gasteiger partial charge in [-0.3, -0.25) is 4.79 Å². The van der Waals surface area contributed by atoms with Crippen LogP contribution in [0.25, 0.3) is 5.69 Å². The number of piperidine rings is 1. The highest BCUT2D eigenvalue weighted by molar-refractivity contribution is 7.91. The summed E-state index contributed by atoms with van der Waals surface area (Å²) in [6, 6.07) is 10.1. The van der Waals surface area contributed by atoms with Gasteiger partial charge in [-0.2, -0.15) is 5.10 Å². The summed E-state index contributed by atoms with van der Waals surface area (Å²) in [7, 11) is -3.76. The fourth-order valence-corrected chi connectivity index (χ4v) is 8.60. The molecule has 0 radical (unpaired) electrons. The summed E-state index contributed by atoms with van der Waals surface area (Å²) in [6.45, 7) is 2.50. The molecule has 3 aromatic rings. The van der Waals surface area contributed by atoms with Gasteiger partial charge in [0.1, 0.15) is 11.5 Å². The number of carbonyl (C=O) groups excluding carboxylic acids is 1. The second-order valence-corrected chi connectivity index (χ2v) is 14.7. The molecule has 3 saturated carbocycles. The Morgan fingerprint density at radius 2 is 1.86 bits per heavy atom. The number of hydrogen-bond donors (Lipinski definition) is 1. The minimum Gasteiger partial charge on any atom is -0.371 e. The third kappa shape index (κ3) is 5.00. The number of aromatic nitrogens is 2. The number of amides is 1. The van der Waals surface area contributed by atoms with E-state index in [2.05, 4.69) is 16.9 Å². The lowest BCUT2D eigenvalue weighted by Crippen LogP contribution is -2.45. The maximum atomic E-state index is 15.1. The fourth-order valence-electron chi connectivity index (χ4n) is 6.75. The SMILES string of the molecule is C[C@@H]1[C@@H]2C[C@@H](C[C@H]2OCc2c(C3CC3)cnn2-c2c(Cl)cccc2Cl)N1c1ccc(C(=O)NS(=O)(=O)C2CC2)c(F)c1. The number of halogens is 3. The molecule has 8 nitrogen and oxygen atoms in total. The molecule has 2 bridgehead atoms. The molecule has 1 amide bonds. The first kappa shape index (κ1) is 28.1. The van der Waals surface area contributed by atoms with Gasteiger partial charge in [0.2, 0.25) is 10.0 Å². The zero-order chi connectivity index (χ0) is 29.3. The number of fused-ring (bicyclic) bond motifs is 2. The van der Waals surface area contributed by atoms with E-state index < -0.39 is 27.0 Å². The van der Waals surface area contributed by atoms with Gasteiger partial charge in [0.25, 0.3) is 5.91 Å². The van der Waals surface area contributed by atoms with Crippen LogP contribution >= 0.6 is 23.2 Å². The number of benzene rings is 2. The highest BCUT2D eigenvalue weighted by Gasteiger charge is 2.50. The van der Waals surface area contributed by atoms with Crippen molar-refractivity contribution in [3.05, 3.63) is 75.3 Å². The average Bonchev–Trinajstić information content (AvgIpc) is 3.86. The highest BCUT2D eigenvalue weighted by Crippen LogP contribution is 2.47. The van der Waals surface area contributed by atoms with Crippen LogP contribution < -0.4 is 9.62 Å². The minimum atomic E-state index is -3.76. The van der Waals surface area contributed by atoms with Gasteiger partial charge in [0.05, 0.1) is 45.5 Å². The summed E-state index contributed by atoms with van der Waals surface area (Å²) in [5.74, 6) is -0.952. The Morgan fingerprint density at radius 1 is 1.12 bits per heavy atom. The van der Waals surface area contributed by atoms with Gasteiger partial charge < -0.3 is 9.64 Å². The molecule has 7 rings (SSSR count). The summed E-state index contributed by atoms with van der Waals surface area (Å²) in [4.78, 5) is 14.7. The summed E-state index contributed by atoms with van der Waals surface area (Å²) in [6.07, 6.45) is 6.93. The van der Waals surface area contributed by atoms with Crippen molar-refractivity contribution in [3.63, 3.8) is 0 Å². The van der Waals surface area contributed by atoms with Crippen LogP contribution in [-0.2, 0) is 21.4 Å². The van der Waals surface area contributed by atoms with E-state index in [1.54, 1.807) is 18.2 Å². The Balaban J connectivity index is 1.05. The van der Waals surface area contributed by atoms with Gasteiger partial charge >= 0.3 is 0 Å². The van der Waals surface area contributed by atoms with E-state index in [0.717, 1.165) is 31.4 Å². The second-order valence-electron chi connectivity index (χ2n) is 11.9. The third-order valence-corrected chi connectivity index (χ3v) is 11.6. The molecule has 12 heteroatoms. The van der Waals surface area contributed by atoms with Crippen LogP contribution in [0.5, 0.6) is 0 Å². The molecule has 4 atom stereocenters. The first-order valence-corrected chi connectivity index (χ1v) is 16.7. The zero-order valence-electron chi connectivity index (χ0n) is 23.0. The maximum Gasteiger partial charge on any atom is 0.267 e. The predicted molar refractivity (Wildman–Crippen MR) is 158 cm³/mol. The first-order chi connectivity index (χ1) is 20.1. The molecule has 1 aromatic heterocycles. The summed E-state index contributed by atoms with van der Waals surface area (Å²) in [5, 5.41) is 5.14. The van der Waals surface area contributed by atoms with Gasteiger partial charge in [-0.1, -0.05) is 29.3 Å². The van der Waals surface area contributed by atoms with Gasteiger partial charge in [0.15, 0.2) is 0 Å². The first-order valence-electron chi connectivity index (χ1n) is 14.4. The zero-order valence-corrected chi connectivity index (χ0v) is 25.3. The Labute approximate surface area is 254 Å². The molecule has 42 heavy (non-hydrogen) atoms. The average molecular weight is 634 g/mol. The van der Waals surface area contributed by atoms with Crippen molar-refractivity contribution >= 4 is 44.8 Å². The summed E-state index contributed by atoms with van der Waals surface area (Å²) in [5.41, 5.74) is 3.20. The molecule has 3 aliphatic carbocycles. The van der Waals surface area contributed by atoms with Gasteiger partial charge in [-0.15, -0.1) is 0 Å². The second kappa shape index (κ2) is 10.5. The van der Waals surface area contributed by atoms with E-state index in [0.29, 0.717) is 46.8 Å². The summed E-state index contributed by atoms with van der Waals surface area (Å²) < 4.78 is 49.8.